The second-order valence-corrected chi connectivity index (χ2v) is 3.88. The lowest BCUT2D eigenvalue weighted by atomic mass is 10.1. The van der Waals surface area contributed by atoms with Gasteiger partial charge in [-0.2, -0.15) is 0 Å². The highest BCUT2D eigenvalue weighted by Gasteiger charge is 2.31. The Morgan fingerprint density at radius 1 is 1.27 bits per heavy atom. The summed E-state index contributed by atoms with van der Waals surface area (Å²) in [6.45, 7) is 1.79. The predicted octanol–water partition coefficient (Wildman–Crippen LogP) is 2.59. The average Bonchev–Trinajstić information content (AvgIpc) is 2.36. The fourth-order valence-electron chi connectivity index (χ4n) is 1.42. The summed E-state index contributed by atoms with van der Waals surface area (Å²) in [4.78, 5) is 21.9. The van der Waals surface area contributed by atoms with Crippen molar-refractivity contribution < 1.29 is 37.3 Å². The van der Waals surface area contributed by atoms with Gasteiger partial charge in [0.2, 0.25) is 0 Å². The van der Waals surface area contributed by atoms with E-state index in [-0.39, 0.29) is 18.6 Å². The van der Waals surface area contributed by atoms with Gasteiger partial charge >= 0.3 is 18.3 Å². The molecule has 0 aromatic heterocycles. The van der Waals surface area contributed by atoms with Crippen LogP contribution in [0.1, 0.15) is 29.3 Å². The lowest BCUT2D eigenvalue weighted by molar-refractivity contribution is -0.274. The molecule has 0 unspecified atom stereocenters. The fourth-order valence-corrected chi connectivity index (χ4v) is 1.42. The molecule has 1 aromatic rings. The molecule has 1 N–H and O–H groups in total. The van der Waals surface area contributed by atoms with Crippen molar-refractivity contribution >= 4 is 11.9 Å². The molecule has 0 fully saturated rings. The summed E-state index contributed by atoms with van der Waals surface area (Å²) in [5, 5.41) is 8.86. The van der Waals surface area contributed by atoms with Crippen LogP contribution in [0.3, 0.4) is 0 Å². The van der Waals surface area contributed by atoms with E-state index in [1.54, 1.807) is 6.92 Å². The number of carboxylic acid groups (broad SMARTS) is 1. The summed E-state index contributed by atoms with van der Waals surface area (Å²) >= 11 is 0. The van der Waals surface area contributed by atoms with Crippen LogP contribution in [-0.2, 0) is 9.53 Å². The van der Waals surface area contributed by atoms with E-state index in [4.69, 9.17) is 5.11 Å². The predicted molar refractivity (Wildman–Crippen MR) is 68.2 cm³/mol. The highest BCUT2D eigenvalue weighted by Crippen LogP contribution is 2.25. The number of carbonyl (C=O) groups excluding carboxylic acids is 1. The van der Waals surface area contributed by atoms with E-state index in [0.29, 0.717) is 0 Å². The van der Waals surface area contributed by atoms with E-state index in [0.717, 1.165) is 18.2 Å². The number of carboxylic acids is 1. The SMILES string of the molecule is CCOC(=O)CC#Cc1cc(OC(F)(F)F)cc(C(=O)O)c1. The molecule has 0 atom stereocenters. The minimum Gasteiger partial charge on any atom is -0.478 e. The molecule has 0 radical (unpaired) electrons. The molecule has 0 aliphatic rings. The quantitative estimate of drug-likeness (QED) is 0.683. The zero-order valence-corrected chi connectivity index (χ0v) is 11.4. The molecular formula is C14H11F3O5. The van der Waals surface area contributed by atoms with Gasteiger partial charge in [-0.25, -0.2) is 4.79 Å². The first kappa shape index (κ1) is 17.4. The first-order chi connectivity index (χ1) is 10.2. The molecule has 0 bridgehead atoms. The molecule has 8 heteroatoms. The normalized spacial score (nSPS) is 10.4. The molecule has 1 aromatic carbocycles. The van der Waals surface area contributed by atoms with Crippen molar-refractivity contribution in [1.29, 1.82) is 0 Å². The van der Waals surface area contributed by atoms with E-state index in [2.05, 4.69) is 21.3 Å². The number of carbonyl (C=O) groups is 2. The van der Waals surface area contributed by atoms with Crippen LogP contribution in [-0.4, -0.2) is 30.0 Å². The summed E-state index contributed by atoms with van der Waals surface area (Å²) in [6.07, 6.45) is -5.21. The Morgan fingerprint density at radius 3 is 2.50 bits per heavy atom. The number of aromatic carboxylic acids is 1. The molecule has 0 heterocycles. The third kappa shape index (κ3) is 6.17. The van der Waals surface area contributed by atoms with Gasteiger partial charge in [-0.3, -0.25) is 4.79 Å². The van der Waals surface area contributed by atoms with Crippen LogP contribution in [0.4, 0.5) is 13.2 Å². The zero-order chi connectivity index (χ0) is 16.8. The number of halogens is 3. The summed E-state index contributed by atoms with van der Waals surface area (Å²) in [5.41, 5.74) is -0.439. The van der Waals surface area contributed by atoms with Gasteiger partial charge in [-0.1, -0.05) is 11.8 Å². The average molecular weight is 316 g/mol. The van der Waals surface area contributed by atoms with Crippen LogP contribution < -0.4 is 4.74 Å². The maximum Gasteiger partial charge on any atom is 0.573 e. The smallest absolute Gasteiger partial charge is 0.478 e. The van der Waals surface area contributed by atoms with Crippen molar-refractivity contribution in [3.8, 4) is 17.6 Å². The maximum atomic E-state index is 12.2. The topological polar surface area (TPSA) is 72.8 Å². The number of hydrogen-bond donors (Lipinski definition) is 1. The highest BCUT2D eigenvalue weighted by molar-refractivity contribution is 5.88. The van der Waals surface area contributed by atoms with Gasteiger partial charge in [0.25, 0.3) is 0 Å². The Hall–Kier alpha value is -2.69. The van der Waals surface area contributed by atoms with E-state index in [1.807, 2.05) is 0 Å². The number of hydrogen-bond acceptors (Lipinski definition) is 4. The van der Waals surface area contributed by atoms with E-state index in [1.165, 1.54) is 0 Å². The highest BCUT2D eigenvalue weighted by atomic mass is 19.4. The first-order valence-corrected chi connectivity index (χ1v) is 6.00. The molecule has 0 aliphatic heterocycles. The standard InChI is InChI=1S/C14H11F3O5/c1-2-21-12(18)5-3-4-9-6-10(13(19)20)8-11(7-9)22-14(15,16)17/h6-8H,2,5H2,1H3,(H,19,20). The van der Waals surface area contributed by atoms with Gasteiger partial charge in [-0.15, -0.1) is 13.2 Å². The van der Waals surface area contributed by atoms with Crippen LogP contribution in [0.2, 0.25) is 0 Å². The summed E-state index contributed by atoms with van der Waals surface area (Å²) in [7, 11) is 0. The summed E-state index contributed by atoms with van der Waals surface area (Å²) < 4.78 is 44.8. The van der Waals surface area contributed by atoms with E-state index < -0.39 is 29.6 Å². The number of benzene rings is 1. The third-order valence-electron chi connectivity index (χ3n) is 2.16. The van der Waals surface area contributed by atoms with Gasteiger partial charge in [0.15, 0.2) is 0 Å². The minimum absolute atomic E-state index is 0.0246. The molecule has 0 amide bonds. The third-order valence-corrected chi connectivity index (χ3v) is 2.16. The van der Waals surface area contributed by atoms with Gasteiger partial charge < -0.3 is 14.6 Å². The second-order valence-electron chi connectivity index (χ2n) is 3.88. The van der Waals surface area contributed by atoms with E-state index in [9.17, 15) is 22.8 Å². The van der Waals surface area contributed by atoms with Gasteiger partial charge in [0.05, 0.1) is 12.2 Å². The Kier molecular flexibility index (Phi) is 5.81. The molecule has 22 heavy (non-hydrogen) atoms. The van der Waals surface area contributed by atoms with Crippen LogP contribution >= 0.6 is 0 Å². The lowest BCUT2D eigenvalue weighted by Crippen LogP contribution is -2.17. The number of ether oxygens (including phenoxy) is 2. The Labute approximate surface area is 123 Å². The fraction of sp³-hybridized carbons (Fsp3) is 0.286. The Bertz CT molecular complexity index is 626. The van der Waals surface area contributed by atoms with Crippen LogP contribution in [0.15, 0.2) is 18.2 Å². The second kappa shape index (κ2) is 7.36. The van der Waals surface area contributed by atoms with Crippen molar-refractivity contribution in [3.63, 3.8) is 0 Å². The molecule has 5 nitrogen and oxygen atoms in total. The Balaban J connectivity index is 3.01. The summed E-state index contributed by atoms with van der Waals surface area (Å²) in [5.74, 6) is 2.06. The molecule has 0 saturated carbocycles. The van der Waals surface area contributed by atoms with Crippen molar-refractivity contribution in [2.75, 3.05) is 6.61 Å². The number of alkyl halides is 3. The molecular weight excluding hydrogens is 305 g/mol. The monoisotopic (exact) mass is 316 g/mol. The van der Waals surface area contributed by atoms with Crippen molar-refractivity contribution in [3.05, 3.63) is 29.3 Å². The summed E-state index contributed by atoms with van der Waals surface area (Å²) in [6, 6.07) is 2.73. The zero-order valence-electron chi connectivity index (χ0n) is 11.4. The maximum absolute atomic E-state index is 12.2. The molecule has 1 rings (SSSR count). The van der Waals surface area contributed by atoms with Crippen LogP contribution in [0.25, 0.3) is 0 Å². The number of esters is 1. The van der Waals surface area contributed by atoms with Crippen molar-refractivity contribution in [2.45, 2.75) is 19.7 Å². The van der Waals surface area contributed by atoms with E-state index >= 15 is 0 Å². The molecule has 0 aliphatic carbocycles. The van der Waals surface area contributed by atoms with Crippen LogP contribution in [0.5, 0.6) is 5.75 Å². The Morgan fingerprint density at radius 2 is 1.95 bits per heavy atom. The first-order valence-electron chi connectivity index (χ1n) is 6.00. The lowest BCUT2D eigenvalue weighted by Gasteiger charge is -2.09. The molecule has 0 saturated heterocycles. The molecule has 118 valence electrons. The molecule has 0 spiro atoms. The van der Waals surface area contributed by atoms with Gasteiger partial charge in [-0.05, 0) is 25.1 Å². The van der Waals surface area contributed by atoms with Gasteiger partial charge in [0, 0.05) is 5.56 Å². The van der Waals surface area contributed by atoms with Crippen LogP contribution in [0, 0.1) is 11.8 Å². The number of rotatable bonds is 4. The van der Waals surface area contributed by atoms with Gasteiger partial charge in [0.1, 0.15) is 12.2 Å². The van der Waals surface area contributed by atoms with Crippen molar-refractivity contribution in [2.24, 2.45) is 0 Å². The van der Waals surface area contributed by atoms with Crippen molar-refractivity contribution in [1.82, 2.24) is 0 Å². The minimum atomic E-state index is -4.95. The largest absolute Gasteiger partial charge is 0.573 e.